The number of para-hydroxylation sites is 4. The molecule has 0 radical (unpaired) electrons. The summed E-state index contributed by atoms with van der Waals surface area (Å²) in [5.74, 6) is 0. The molecule has 1 aliphatic carbocycles. The first-order valence-electron chi connectivity index (χ1n) is 22.0. The van der Waals surface area contributed by atoms with Gasteiger partial charge < -0.3 is 14.4 Å². The predicted octanol–water partition coefficient (Wildman–Crippen LogP) is 16.1. The first kappa shape index (κ1) is 37.4. The Bertz CT molecular complexity index is 3350. The molecule has 1 aliphatic rings. The molecule has 11 aromatic rings. The average Bonchev–Trinajstić information content (AvgIpc) is 3.87. The number of hydrogen-bond donors (Lipinski definition) is 0. The van der Waals surface area contributed by atoms with Crippen molar-refractivity contribution >= 4 is 55.9 Å². The molecule has 0 bridgehead atoms. The number of hydrogen-bond acceptors (Lipinski definition) is 2. The highest BCUT2D eigenvalue weighted by Gasteiger charge is 2.46. The van der Waals surface area contributed by atoms with Gasteiger partial charge in [0, 0.05) is 50.6 Å². The van der Waals surface area contributed by atoms with Crippen molar-refractivity contribution in [2.75, 3.05) is 9.80 Å². The molecule has 64 heavy (non-hydrogen) atoms. The lowest BCUT2D eigenvalue weighted by Gasteiger charge is -2.35. The van der Waals surface area contributed by atoms with Gasteiger partial charge in [0.2, 0.25) is 0 Å². The molecule has 3 nitrogen and oxygen atoms in total. The van der Waals surface area contributed by atoms with Crippen molar-refractivity contribution in [1.29, 1.82) is 0 Å². The van der Waals surface area contributed by atoms with E-state index in [1.54, 1.807) is 0 Å². The average molecular weight is 818 g/mol. The normalized spacial score (nSPS) is 12.5. The van der Waals surface area contributed by atoms with Crippen LogP contribution in [0.25, 0.3) is 38.6 Å². The molecule has 0 aliphatic heterocycles. The van der Waals surface area contributed by atoms with Crippen LogP contribution in [0.5, 0.6) is 0 Å². The van der Waals surface area contributed by atoms with E-state index in [1.165, 1.54) is 55.2 Å². The highest BCUT2D eigenvalue weighted by atomic mass is 15.2. The first-order chi connectivity index (χ1) is 31.8. The molecule has 0 atom stereocenters. The van der Waals surface area contributed by atoms with Crippen LogP contribution < -0.4 is 9.80 Å². The van der Waals surface area contributed by atoms with Gasteiger partial charge in [0.25, 0.3) is 0 Å². The molecular weight excluding hydrogens is 775 g/mol. The molecule has 0 fully saturated rings. The zero-order valence-corrected chi connectivity index (χ0v) is 35.2. The molecule has 1 aromatic heterocycles. The Kier molecular flexibility index (Phi) is 9.05. The van der Waals surface area contributed by atoms with Crippen LogP contribution in [-0.4, -0.2) is 4.57 Å². The lowest BCUT2D eigenvalue weighted by atomic mass is 9.67. The van der Waals surface area contributed by atoms with Crippen molar-refractivity contribution < 1.29 is 0 Å². The SMILES string of the molecule is c1ccc(N(c2ccccc2)c2ccc(N(c3cccc(C4(c5ccccc5)c5ccccc5-c5ccccc54)c3)c3ccc4c(c3)c3ccccc3n4-c3ccccc3)cc2)cc1. The number of nitrogens with zero attached hydrogens (tertiary/aromatic N) is 3. The van der Waals surface area contributed by atoms with Gasteiger partial charge in [-0.15, -0.1) is 0 Å². The van der Waals surface area contributed by atoms with Crippen LogP contribution in [0.4, 0.5) is 34.1 Å². The quantitative estimate of drug-likeness (QED) is 0.144. The maximum absolute atomic E-state index is 2.43. The zero-order valence-electron chi connectivity index (χ0n) is 35.2. The number of benzene rings is 10. The Morgan fingerprint density at radius 2 is 0.703 bits per heavy atom. The Balaban J connectivity index is 1.08. The third kappa shape index (κ3) is 5.97. The summed E-state index contributed by atoms with van der Waals surface area (Å²) >= 11 is 0. The van der Waals surface area contributed by atoms with E-state index < -0.39 is 5.41 Å². The van der Waals surface area contributed by atoms with Crippen molar-refractivity contribution in [3.05, 3.63) is 283 Å². The van der Waals surface area contributed by atoms with Gasteiger partial charge in [0.1, 0.15) is 0 Å². The molecule has 0 saturated heterocycles. The van der Waals surface area contributed by atoms with Crippen LogP contribution in [0.1, 0.15) is 22.3 Å². The first-order valence-corrected chi connectivity index (χ1v) is 22.0. The molecule has 0 N–H and O–H groups in total. The Morgan fingerprint density at radius 3 is 1.33 bits per heavy atom. The standard InChI is InChI=1S/C61H43N3/c1-5-20-44(21-6-1)61(57-33-16-13-30-53(57)54-31-14-17-34-58(54)61)45-22-19-29-51(42-45)63(50-38-36-49(37-39-50)62(46-23-7-2-8-24-46)47-25-9-3-10-26-47)52-40-41-60-56(43-52)55-32-15-18-35-59(55)64(60)48-27-11-4-12-28-48/h1-43H. The van der Waals surface area contributed by atoms with E-state index in [-0.39, 0.29) is 0 Å². The molecule has 0 unspecified atom stereocenters. The van der Waals surface area contributed by atoms with Crippen LogP contribution in [0.3, 0.4) is 0 Å². The molecule has 0 spiro atoms. The topological polar surface area (TPSA) is 11.4 Å². The van der Waals surface area contributed by atoms with Crippen molar-refractivity contribution in [2.45, 2.75) is 5.41 Å². The lowest BCUT2D eigenvalue weighted by Crippen LogP contribution is -2.28. The van der Waals surface area contributed by atoms with Crippen LogP contribution in [0.15, 0.2) is 261 Å². The van der Waals surface area contributed by atoms with Crippen molar-refractivity contribution in [2.24, 2.45) is 0 Å². The van der Waals surface area contributed by atoms with Gasteiger partial charge in [-0.1, -0.05) is 164 Å². The maximum Gasteiger partial charge on any atom is 0.0714 e. The lowest BCUT2D eigenvalue weighted by molar-refractivity contribution is 0.768. The Labute approximate surface area is 374 Å². The fraction of sp³-hybridized carbons (Fsp3) is 0.0164. The van der Waals surface area contributed by atoms with Crippen LogP contribution in [0, 0.1) is 0 Å². The highest BCUT2D eigenvalue weighted by Crippen LogP contribution is 2.56. The van der Waals surface area contributed by atoms with Gasteiger partial charge in [-0.05, 0) is 130 Å². The largest absolute Gasteiger partial charge is 0.311 e. The van der Waals surface area contributed by atoms with Crippen LogP contribution in [0.2, 0.25) is 0 Å². The van der Waals surface area contributed by atoms with Gasteiger partial charge in [-0.25, -0.2) is 0 Å². The highest BCUT2D eigenvalue weighted by molar-refractivity contribution is 6.10. The summed E-state index contributed by atoms with van der Waals surface area (Å²) in [6, 6.07) is 94.9. The molecule has 12 rings (SSSR count). The summed E-state index contributed by atoms with van der Waals surface area (Å²) in [4.78, 5) is 4.75. The number of aromatic nitrogens is 1. The second kappa shape index (κ2) is 15.5. The van der Waals surface area contributed by atoms with E-state index in [0.29, 0.717) is 0 Å². The van der Waals surface area contributed by atoms with Gasteiger partial charge in [-0.2, -0.15) is 0 Å². The fourth-order valence-electron chi connectivity index (χ4n) is 10.3. The van der Waals surface area contributed by atoms with Crippen molar-refractivity contribution in [3.8, 4) is 16.8 Å². The van der Waals surface area contributed by atoms with E-state index >= 15 is 0 Å². The van der Waals surface area contributed by atoms with Crippen molar-refractivity contribution in [1.82, 2.24) is 4.57 Å². The Hall–Kier alpha value is -8.40. The van der Waals surface area contributed by atoms with E-state index in [2.05, 4.69) is 275 Å². The summed E-state index contributed by atoms with van der Waals surface area (Å²) in [6.07, 6.45) is 0. The minimum atomic E-state index is -0.529. The monoisotopic (exact) mass is 817 g/mol. The molecule has 1 heterocycles. The number of anilines is 6. The summed E-state index contributed by atoms with van der Waals surface area (Å²) in [7, 11) is 0. The van der Waals surface area contributed by atoms with E-state index in [4.69, 9.17) is 0 Å². The number of fused-ring (bicyclic) bond motifs is 6. The van der Waals surface area contributed by atoms with E-state index in [0.717, 1.165) is 39.8 Å². The summed E-state index contributed by atoms with van der Waals surface area (Å²) in [6.45, 7) is 0. The molecule has 0 amide bonds. The van der Waals surface area contributed by atoms with Gasteiger partial charge in [0.15, 0.2) is 0 Å². The van der Waals surface area contributed by atoms with E-state index in [9.17, 15) is 0 Å². The second-order valence-electron chi connectivity index (χ2n) is 16.5. The van der Waals surface area contributed by atoms with E-state index in [1.807, 2.05) is 0 Å². The summed E-state index contributed by atoms with van der Waals surface area (Å²) < 4.78 is 2.38. The van der Waals surface area contributed by atoms with Crippen LogP contribution in [-0.2, 0) is 5.41 Å². The smallest absolute Gasteiger partial charge is 0.0714 e. The third-order valence-electron chi connectivity index (χ3n) is 13.0. The molecule has 10 aromatic carbocycles. The predicted molar refractivity (Wildman–Crippen MR) is 267 cm³/mol. The number of rotatable bonds is 9. The minimum Gasteiger partial charge on any atom is -0.311 e. The maximum atomic E-state index is 2.43. The summed E-state index contributed by atoms with van der Waals surface area (Å²) in [5.41, 5.74) is 17.1. The molecule has 0 saturated carbocycles. The van der Waals surface area contributed by atoms with Gasteiger partial charge >= 0.3 is 0 Å². The molecular formula is C61H43N3. The van der Waals surface area contributed by atoms with Crippen molar-refractivity contribution in [3.63, 3.8) is 0 Å². The summed E-state index contributed by atoms with van der Waals surface area (Å²) in [5, 5.41) is 2.42. The van der Waals surface area contributed by atoms with Gasteiger partial charge in [-0.3, -0.25) is 0 Å². The minimum absolute atomic E-state index is 0.529. The van der Waals surface area contributed by atoms with Crippen LogP contribution >= 0.6 is 0 Å². The van der Waals surface area contributed by atoms with Gasteiger partial charge in [0.05, 0.1) is 16.4 Å². The fourth-order valence-corrected chi connectivity index (χ4v) is 10.3. The zero-order chi connectivity index (χ0) is 42.5. The second-order valence-corrected chi connectivity index (χ2v) is 16.5. The molecule has 302 valence electrons. The third-order valence-corrected chi connectivity index (χ3v) is 13.0. The Morgan fingerprint density at radius 1 is 0.281 bits per heavy atom. The molecule has 3 heteroatoms.